The van der Waals surface area contributed by atoms with E-state index in [-0.39, 0.29) is 5.91 Å². The molecule has 0 saturated heterocycles. The second-order valence-corrected chi connectivity index (χ2v) is 4.88. The summed E-state index contributed by atoms with van der Waals surface area (Å²) in [5.41, 5.74) is 2.45. The second kappa shape index (κ2) is 6.36. The average Bonchev–Trinajstić information content (AvgIpc) is 2.77. The van der Waals surface area contributed by atoms with Gasteiger partial charge in [-0.05, 0) is 25.5 Å². The molecule has 2 heterocycles. The van der Waals surface area contributed by atoms with Crippen molar-refractivity contribution in [2.75, 3.05) is 6.54 Å². The van der Waals surface area contributed by atoms with Crippen LogP contribution in [0.3, 0.4) is 0 Å². The molecule has 19 heavy (non-hydrogen) atoms. The summed E-state index contributed by atoms with van der Waals surface area (Å²) in [5, 5.41) is 2.95. The summed E-state index contributed by atoms with van der Waals surface area (Å²) in [7, 11) is 0. The number of imidazole rings is 1. The topological polar surface area (TPSA) is 46.4 Å². The molecule has 102 valence electrons. The molecule has 4 heteroatoms. The largest absolute Gasteiger partial charge is 0.352 e. The summed E-state index contributed by atoms with van der Waals surface area (Å²) in [6.07, 6.45) is 8.49. The predicted octanol–water partition coefficient (Wildman–Crippen LogP) is 2.95. The first-order valence-electron chi connectivity index (χ1n) is 6.94. The van der Waals surface area contributed by atoms with Crippen LogP contribution in [0.4, 0.5) is 0 Å². The highest BCUT2D eigenvalue weighted by Crippen LogP contribution is 2.08. The van der Waals surface area contributed by atoms with Crippen LogP contribution in [-0.4, -0.2) is 21.8 Å². The van der Waals surface area contributed by atoms with E-state index >= 15 is 0 Å². The number of pyridine rings is 1. The predicted molar refractivity (Wildman–Crippen MR) is 76.4 cm³/mol. The van der Waals surface area contributed by atoms with Crippen molar-refractivity contribution in [2.24, 2.45) is 0 Å². The number of rotatable bonds is 6. The Morgan fingerprint density at radius 1 is 1.37 bits per heavy atom. The third-order valence-electron chi connectivity index (χ3n) is 3.16. The lowest BCUT2D eigenvalue weighted by Crippen LogP contribution is -2.24. The maximum absolute atomic E-state index is 12.0. The zero-order chi connectivity index (χ0) is 13.7. The van der Waals surface area contributed by atoms with Gasteiger partial charge in [0.2, 0.25) is 0 Å². The normalized spacial score (nSPS) is 10.8. The van der Waals surface area contributed by atoms with Crippen molar-refractivity contribution >= 4 is 11.6 Å². The van der Waals surface area contributed by atoms with Crippen molar-refractivity contribution in [3.05, 3.63) is 35.8 Å². The lowest BCUT2D eigenvalue weighted by atomic mass is 10.2. The van der Waals surface area contributed by atoms with Crippen LogP contribution in [0, 0.1) is 6.92 Å². The first-order valence-corrected chi connectivity index (χ1v) is 6.94. The molecule has 0 spiro atoms. The number of carbonyl (C=O) groups excluding carboxylic acids is 1. The number of carbonyl (C=O) groups is 1. The molecular weight excluding hydrogens is 238 g/mol. The molecule has 2 aromatic heterocycles. The fourth-order valence-corrected chi connectivity index (χ4v) is 2.11. The van der Waals surface area contributed by atoms with Gasteiger partial charge in [0.25, 0.3) is 5.91 Å². The fraction of sp³-hybridized carbons (Fsp3) is 0.467. The van der Waals surface area contributed by atoms with Crippen LogP contribution in [-0.2, 0) is 0 Å². The van der Waals surface area contributed by atoms with Gasteiger partial charge in [-0.3, -0.25) is 4.79 Å². The van der Waals surface area contributed by atoms with E-state index in [2.05, 4.69) is 17.2 Å². The van der Waals surface area contributed by atoms with Crippen LogP contribution >= 0.6 is 0 Å². The minimum Gasteiger partial charge on any atom is -0.352 e. The maximum atomic E-state index is 12.0. The molecule has 0 unspecified atom stereocenters. The summed E-state index contributed by atoms with van der Waals surface area (Å²) in [4.78, 5) is 16.3. The van der Waals surface area contributed by atoms with Crippen molar-refractivity contribution < 1.29 is 4.79 Å². The number of nitrogens with one attached hydrogen (secondary N) is 1. The monoisotopic (exact) mass is 259 g/mol. The molecule has 0 saturated carbocycles. The molecule has 4 nitrogen and oxygen atoms in total. The number of aromatic nitrogens is 2. The second-order valence-electron chi connectivity index (χ2n) is 4.88. The van der Waals surface area contributed by atoms with E-state index in [1.54, 1.807) is 0 Å². The molecule has 0 atom stereocenters. The standard InChI is InChI=1S/C15H21N3O/c1-3-4-5-6-8-16-15(19)13-7-9-18-11-12(2)17-14(18)10-13/h7,9-11H,3-6,8H2,1-2H3,(H,16,19). The van der Waals surface area contributed by atoms with Gasteiger partial charge in [-0.2, -0.15) is 0 Å². The summed E-state index contributed by atoms with van der Waals surface area (Å²) >= 11 is 0. The van der Waals surface area contributed by atoms with Crippen LogP contribution < -0.4 is 5.32 Å². The number of unbranched alkanes of at least 4 members (excludes halogenated alkanes) is 3. The highest BCUT2D eigenvalue weighted by Gasteiger charge is 2.06. The zero-order valence-corrected chi connectivity index (χ0v) is 11.6. The number of aryl methyl sites for hydroxylation is 1. The highest BCUT2D eigenvalue weighted by molar-refractivity contribution is 5.94. The van der Waals surface area contributed by atoms with E-state index in [1.165, 1.54) is 19.3 Å². The molecule has 0 radical (unpaired) electrons. The molecule has 0 fully saturated rings. The van der Waals surface area contributed by atoms with Crippen LogP contribution in [0.1, 0.15) is 48.7 Å². The van der Waals surface area contributed by atoms with Crippen LogP contribution in [0.25, 0.3) is 5.65 Å². The Kier molecular flexibility index (Phi) is 4.55. The lowest BCUT2D eigenvalue weighted by Gasteiger charge is -2.05. The van der Waals surface area contributed by atoms with Crippen LogP contribution in [0.5, 0.6) is 0 Å². The summed E-state index contributed by atoms with van der Waals surface area (Å²) in [6.45, 7) is 4.87. The Bertz CT molecular complexity index is 560. The van der Waals surface area contributed by atoms with Gasteiger partial charge in [-0.15, -0.1) is 0 Å². The Morgan fingerprint density at radius 2 is 2.21 bits per heavy atom. The average molecular weight is 259 g/mol. The van der Waals surface area contributed by atoms with E-state index in [0.29, 0.717) is 5.56 Å². The van der Waals surface area contributed by atoms with Crippen molar-refractivity contribution in [1.82, 2.24) is 14.7 Å². The maximum Gasteiger partial charge on any atom is 0.251 e. The van der Waals surface area contributed by atoms with Crippen molar-refractivity contribution in [2.45, 2.75) is 39.5 Å². The Hall–Kier alpha value is -1.84. The fourth-order valence-electron chi connectivity index (χ4n) is 2.11. The van der Waals surface area contributed by atoms with Gasteiger partial charge in [0, 0.05) is 24.5 Å². The van der Waals surface area contributed by atoms with E-state index in [0.717, 1.165) is 24.3 Å². The zero-order valence-electron chi connectivity index (χ0n) is 11.6. The molecule has 1 amide bonds. The van der Waals surface area contributed by atoms with E-state index in [1.807, 2.05) is 35.9 Å². The Morgan fingerprint density at radius 3 is 3.00 bits per heavy atom. The summed E-state index contributed by atoms with van der Waals surface area (Å²) < 4.78 is 1.92. The number of amides is 1. The molecule has 0 aliphatic heterocycles. The number of fused-ring (bicyclic) bond motifs is 1. The molecule has 0 bridgehead atoms. The van der Waals surface area contributed by atoms with Gasteiger partial charge in [0.1, 0.15) is 5.65 Å². The molecule has 0 aliphatic carbocycles. The van der Waals surface area contributed by atoms with Crippen LogP contribution in [0.2, 0.25) is 0 Å². The lowest BCUT2D eigenvalue weighted by molar-refractivity contribution is 0.0953. The molecule has 1 N–H and O–H groups in total. The molecule has 0 aliphatic rings. The van der Waals surface area contributed by atoms with Crippen molar-refractivity contribution in [1.29, 1.82) is 0 Å². The third-order valence-corrected chi connectivity index (χ3v) is 3.16. The van der Waals surface area contributed by atoms with E-state index in [4.69, 9.17) is 0 Å². The van der Waals surface area contributed by atoms with Gasteiger partial charge >= 0.3 is 0 Å². The smallest absolute Gasteiger partial charge is 0.251 e. The highest BCUT2D eigenvalue weighted by atomic mass is 16.1. The minimum absolute atomic E-state index is 0.0142. The first-order chi connectivity index (χ1) is 9.20. The SMILES string of the molecule is CCCCCCNC(=O)c1ccn2cc(C)nc2c1. The van der Waals surface area contributed by atoms with E-state index in [9.17, 15) is 4.79 Å². The molecule has 0 aromatic carbocycles. The van der Waals surface area contributed by atoms with Gasteiger partial charge in [0.05, 0.1) is 5.69 Å². The first kappa shape index (κ1) is 13.6. The molecule has 2 aromatic rings. The number of nitrogens with zero attached hydrogens (tertiary/aromatic N) is 2. The molecule has 2 rings (SSSR count). The Labute approximate surface area is 113 Å². The summed E-state index contributed by atoms with van der Waals surface area (Å²) in [5.74, 6) is -0.0142. The number of hydrogen-bond acceptors (Lipinski definition) is 2. The van der Waals surface area contributed by atoms with E-state index < -0.39 is 0 Å². The third kappa shape index (κ3) is 3.56. The van der Waals surface area contributed by atoms with Gasteiger partial charge in [0.15, 0.2) is 0 Å². The Balaban J connectivity index is 1.93. The van der Waals surface area contributed by atoms with Gasteiger partial charge in [-0.25, -0.2) is 4.98 Å². The van der Waals surface area contributed by atoms with Crippen molar-refractivity contribution in [3.63, 3.8) is 0 Å². The summed E-state index contributed by atoms with van der Waals surface area (Å²) in [6, 6.07) is 3.66. The van der Waals surface area contributed by atoms with Crippen LogP contribution in [0.15, 0.2) is 24.5 Å². The quantitative estimate of drug-likeness (QED) is 0.811. The van der Waals surface area contributed by atoms with Gasteiger partial charge < -0.3 is 9.72 Å². The molecular formula is C15H21N3O. The van der Waals surface area contributed by atoms with Crippen molar-refractivity contribution in [3.8, 4) is 0 Å². The van der Waals surface area contributed by atoms with Gasteiger partial charge in [-0.1, -0.05) is 26.2 Å². The minimum atomic E-state index is -0.0142. The number of hydrogen-bond donors (Lipinski definition) is 1.